The lowest BCUT2D eigenvalue weighted by Crippen LogP contribution is -2.38. The van der Waals surface area contributed by atoms with Gasteiger partial charge in [0.1, 0.15) is 0 Å². The van der Waals surface area contributed by atoms with E-state index in [1.165, 1.54) is 6.92 Å². The maximum absolute atomic E-state index is 12.0. The van der Waals surface area contributed by atoms with Crippen molar-refractivity contribution in [3.8, 4) is 0 Å². The van der Waals surface area contributed by atoms with Crippen LogP contribution in [0.4, 0.5) is 0 Å². The largest absolute Gasteiger partial charge is 0.273 e. The summed E-state index contributed by atoms with van der Waals surface area (Å²) in [5, 5.41) is 0. The van der Waals surface area contributed by atoms with E-state index in [1.807, 2.05) is 0 Å². The van der Waals surface area contributed by atoms with Gasteiger partial charge in [-0.25, -0.2) is 13.1 Å². The van der Waals surface area contributed by atoms with Gasteiger partial charge in [-0.2, -0.15) is 0 Å². The van der Waals surface area contributed by atoms with Gasteiger partial charge in [0.2, 0.25) is 10.0 Å². The summed E-state index contributed by atoms with van der Waals surface area (Å²) in [6.07, 6.45) is 0. The number of carbonyl (C=O) groups is 2. The molecule has 1 aromatic rings. The maximum Gasteiger partial charge on any atom is 0.261 e. The van der Waals surface area contributed by atoms with Crippen LogP contribution in [0.3, 0.4) is 0 Å². The quantitative estimate of drug-likeness (QED) is 0.783. The number of hydrogen-bond donors (Lipinski definition) is 1. The van der Waals surface area contributed by atoms with Gasteiger partial charge in [0.05, 0.1) is 16.9 Å². The zero-order valence-corrected chi connectivity index (χ0v) is 11.2. The summed E-state index contributed by atoms with van der Waals surface area (Å²) in [7, 11) is -3.31. The standard InChI is InChI=1S/C12H14N2O4S/c1-2-19(17,18)13-7-8-14-11(15)9-5-3-4-6-10(9)12(14)16/h3-6,13H,2,7-8H2,1H3. The Balaban J connectivity index is 2.05. The Labute approximate surface area is 111 Å². The van der Waals surface area contributed by atoms with Gasteiger partial charge in [-0.05, 0) is 19.1 Å². The minimum atomic E-state index is -3.31. The zero-order chi connectivity index (χ0) is 14.0. The Kier molecular flexibility index (Phi) is 3.68. The number of imide groups is 1. The van der Waals surface area contributed by atoms with E-state index in [0.29, 0.717) is 11.1 Å². The zero-order valence-electron chi connectivity index (χ0n) is 10.4. The molecule has 0 bridgehead atoms. The molecule has 0 unspecified atom stereocenters. The van der Waals surface area contributed by atoms with Gasteiger partial charge in [0, 0.05) is 13.1 Å². The highest BCUT2D eigenvalue weighted by Gasteiger charge is 2.34. The molecular formula is C12H14N2O4S. The fourth-order valence-electron chi connectivity index (χ4n) is 1.86. The van der Waals surface area contributed by atoms with Gasteiger partial charge < -0.3 is 0 Å². The van der Waals surface area contributed by atoms with E-state index in [2.05, 4.69) is 4.72 Å². The van der Waals surface area contributed by atoms with Crippen LogP contribution in [0.1, 0.15) is 27.6 Å². The van der Waals surface area contributed by atoms with Crippen molar-refractivity contribution in [2.75, 3.05) is 18.8 Å². The Bertz CT molecular complexity index is 589. The SMILES string of the molecule is CCS(=O)(=O)NCCN1C(=O)c2ccccc2C1=O. The Morgan fingerprint density at radius 2 is 1.63 bits per heavy atom. The van der Waals surface area contributed by atoms with E-state index in [-0.39, 0.29) is 30.7 Å². The number of amides is 2. The van der Waals surface area contributed by atoms with Crippen molar-refractivity contribution in [1.29, 1.82) is 0 Å². The van der Waals surface area contributed by atoms with Crippen molar-refractivity contribution in [3.63, 3.8) is 0 Å². The van der Waals surface area contributed by atoms with E-state index < -0.39 is 10.0 Å². The predicted octanol–water partition coefficient (Wildman–Crippen LogP) is 0.222. The molecule has 19 heavy (non-hydrogen) atoms. The number of rotatable bonds is 5. The molecule has 7 heteroatoms. The molecule has 1 aromatic carbocycles. The molecule has 2 amide bonds. The molecular weight excluding hydrogens is 268 g/mol. The second-order valence-electron chi connectivity index (χ2n) is 4.11. The molecule has 6 nitrogen and oxygen atoms in total. The van der Waals surface area contributed by atoms with Crippen LogP contribution in [-0.2, 0) is 10.0 Å². The number of sulfonamides is 1. The average Bonchev–Trinajstić information content (AvgIpc) is 2.64. The predicted molar refractivity (Wildman–Crippen MR) is 69.3 cm³/mol. The van der Waals surface area contributed by atoms with E-state index in [1.54, 1.807) is 24.3 Å². The molecule has 0 saturated heterocycles. The highest BCUT2D eigenvalue weighted by molar-refractivity contribution is 7.89. The first-order chi connectivity index (χ1) is 8.96. The first kappa shape index (κ1) is 13.7. The third-order valence-electron chi connectivity index (χ3n) is 2.92. The fourth-order valence-corrected chi connectivity index (χ4v) is 2.46. The Hall–Kier alpha value is -1.73. The van der Waals surface area contributed by atoms with Gasteiger partial charge in [-0.3, -0.25) is 14.5 Å². The van der Waals surface area contributed by atoms with Crippen LogP contribution in [0.15, 0.2) is 24.3 Å². The number of fused-ring (bicyclic) bond motifs is 1. The minimum absolute atomic E-state index is 0.0294. The molecule has 0 aromatic heterocycles. The Morgan fingerprint density at radius 1 is 1.11 bits per heavy atom. The van der Waals surface area contributed by atoms with E-state index >= 15 is 0 Å². The van der Waals surface area contributed by atoms with Crippen LogP contribution in [0.25, 0.3) is 0 Å². The molecule has 0 aliphatic carbocycles. The lowest BCUT2D eigenvalue weighted by molar-refractivity contribution is 0.0657. The van der Waals surface area contributed by atoms with Crippen molar-refractivity contribution >= 4 is 21.8 Å². The molecule has 1 aliphatic heterocycles. The van der Waals surface area contributed by atoms with Crippen LogP contribution in [0.2, 0.25) is 0 Å². The first-order valence-electron chi connectivity index (χ1n) is 5.89. The van der Waals surface area contributed by atoms with Crippen LogP contribution in [0.5, 0.6) is 0 Å². The number of benzene rings is 1. The smallest absolute Gasteiger partial charge is 0.261 e. The molecule has 0 spiro atoms. The molecule has 0 radical (unpaired) electrons. The van der Waals surface area contributed by atoms with Gasteiger partial charge in [-0.1, -0.05) is 12.1 Å². The van der Waals surface area contributed by atoms with Gasteiger partial charge in [-0.15, -0.1) is 0 Å². The Morgan fingerprint density at radius 3 is 2.11 bits per heavy atom. The van der Waals surface area contributed by atoms with E-state index in [9.17, 15) is 18.0 Å². The molecule has 1 heterocycles. The number of hydrogen-bond acceptors (Lipinski definition) is 4. The van der Waals surface area contributed by atoms with Crippen molar-refractivity contribution in [3.05, 3.63) is 35.4 Å². The average molecular weight is 282 g/mol. The van der Waals surface area contributed by atoms with Crippen molar-refractivity contribution in [2.24, 2.45) is 0 Å². The lowest BCUT2D eigenvalue weighted by atomic mass is 10.1. The summed E-state index contributed by atoms with van der Waals surface area (Å²) in [6, 6.07) is 6.55. The topological polar surface area (TPSA) is 83.6 Å². The van der Waals surface area contributed by atoms with Gasteiger partial charge in [0.15, 0.2) is 0 Å². The van der Waals surface area contributed by atoms with Crippen molar-refractivity contribution in [1.82, 2.24) is 9.62 Å². The van der Waals surface area contributed by atoms with E-state index in [4.69, 9.17) is 0 Å². The molecule has 0 saturated carbocycles. The normalized spacial score (nSPS) is 14.9. The summed E-state index contributed by atoms with van der Waals surface area (Å²) < 4.78 is 24.8. The third-order valence-corrected chi connectivity index (χ3v) is 4.32. The second-order valence-corrected chi connectivity index (χ2v) is 6.20. The van der Waals surface area contributed by atoms with Crippen LogP contribution in [-0.4, -0.2) is 44.0 Å². The lowest BCUT2D eigenvalue weighted by Gasteiger charge is -2.13. The molecule has 0 fully saturated rings. The highest BCUT2D eigenvalue weighted by Crippen LogP contribution is 2.21. The summed E-state index contributed by atoms with van der Waals surface area (Å²) in [4.78, 5) is 25.0. The molecule has 0 atom stereocenters. The van der Waals surface area contributed by atoms with Crippen molar-refractivity contribution < 1.29 is 18.0 Å². The monoisotopic (exact) mass is 282 g/mol. The van der Waals surface area contributed by atoms with E-state index in [0.717, 1.165) is 4.90 Å². The van der Waals surface area contributed by atoms with Gasteiger partial charge >= 0.3 is 0 Å². The third kappa shape index (κ3) is 2.66. The highest BCUT2D eigenvalue weighted by atomic mass is 32.2. The fraction of sp³-hybridized carbons (Fsp3) is 0.333. The number of carbonyl (C=O) groups excluding carboxylic acids is 2. The summed E-state index contributed by atoms with van der Waals surface area (Å²) in [5.74, 6) is -0.789. The molecule has 2 rings (SSSR count). The van der Waals surface area contributed by atoms with Crippen LogP contribution >= 0.6 is 0 Å². The first-order valence-corrected chi connectivity index (χ1v) is 7.54. The summed E-state index contributed by atoms with van der Waals surface area (Å²) in [6.45, 7) is 1.58. The number of nitrogens with zero attached hydrogens (tertiary/aromatic N) is 1. The number of nitrogens with one attached hydrogen (secondary N) is 1. The van der Waals surface area contributed by atoms with Crippen LogP contribution in [0, 0.1) is 0 Å². The van der Waals surface area contributed by atoms with Crippen LogP contribution < -0.4 is 4.72 Å². The summed E-state index contributed by atoms with van der Waals surface area (Å²) >= 11 is 0. The van der Waals surface area contributed by atoms with Crippen molar-refractivity contribution in [2.45, 2.75) is 6.92 Å². The minimum Gasteiger partial charge on any atom is -0.273 e. The summed E-state index contributed by atoms with van der Waals surface area (Å²) in [5.41, 5.74) is 0.733. The molecule has 1 aliphatic rings. The molecule has 102 valence electrons. The molecule has 1 N–H and O–H groups in total. The second kappa shape index (κ2) is 5.10. The van der Waals surface area contributed by atoms with Gasteiger partial charge in [0.25, 0.3) is 11.8 Å². The maximum atomic E-state index is 12.0.